The smallest absolute Gasteiger partial charge is 0.338 e. The molecule has 1 aliphatic heterocycles. The van der Waals surface area contributed by atoms with Crippen molar-refractivity contribution in [1.29, 1.82) is 0 Å². The summed E-state index contributed by atoms with van der Waals surface area (Å²) < 4.78 is 5.01. The second-order valence-electron chi connectivity index (χ2n) is 7.82. The van der Waals surface area contributed by atoms with Crippen LogP contribution in [0.5, 0.6) is 0 Å². The molecule has 0 aliphatic carbocycles. The Kier molecular flexibility index (Phi) is 6.36. The molecular weight excluding hydrogens is 454 g/mol. The van der Waals surface area contributed by atoms with Crippen LogP contribution in [0, 0.1) is 17.0 Å². The molecule has 4 rings (SSSR count). The van der Waals surface area contributed by atoms with Crippen molar-refractivity contribution in [3.05, 3.63) is 105 Å². The summed E-state index contributed by atoms with van der Waals surface area (Å²) in [6, 6.07) is 16.9. The zero-order valence-electron chi connectivity index (χ0n) is 18.5. The van der Waals surface area contributed by atoms with Gasteiger partial charge in [-0.2, -0.15) is 0 Å². The van der Waals surface area contributed by atoms with Crippen LogP contribution < -0.4 is 5.32 Å². The number of esters is 1. The number of rotatable bonds is 7. The number of aryl methyl sites for hydroxylation is 1. The molecule has 0 bridgehead atoms. The van der Waals surface area contributed by atoms with E-state index in [1.165, 1.54) is 30.3 Å². The quantitative estimate of drug-likeness (QED) is 0.240. The van der Waals surface area contributed by atoms with Gasteiger partial charge in [0.15, 0.2) is 6.61 Å². The highest BCUT2D eigenvalue weighted by Gasteiger charge is 2.34. The second-order valence-corrected chi connectivity index (χ2v) is 7.82. The fourth-order valence-electron chi connectivity index (χ4n) is 3.61. The highest BCUT2D eigenvalue weighted by Crippen LogP contribution is 2.25. The van der Waals surface area contributed by atoms with Gasteiger partial charge in [-0.3, -0.25) is 29.4 Å². The minimum absolute atomic E-state index is 0.0484. The molecule has 176 valence electrons. The first-order valence-electron chi connectivity index (χ1n) is 10.5. The Morgan fingerprint density at radius 2 is 1.60 bits per heavy atom. The van der Waals surface area contributed by atoms with E-state index in [-0.39, 0.29) is 35.3 Å². The van der Waals surface area contributed by atoms with Gasteiger partial charge in [-0.05, 0) is 42.8 Å². The highest BCUT2D eigenvalue weighted by molar-refractivity contribution is 6.21. The molecule has 3 amide bonds. The average Bonchev–Trinajstić information content (AvgIpc) is 3.09. The Balaban J connectivity index is 1.32. The van der Waals surface area contributed by atoms with Crippen LogP contribution in [0.3, 0.4) is 0 Å². The van der Waals surface area contributed by atoms with E-state index in [2.05, 4.69) is 5.32 Å². The Morgan fingerprint density at radius 1 is 0.971 bits per heavy atom. The van der Waals surface area contributed by atoms with E-state index in [1.807, 2.05) is 0 Å². The third kappa shape index (κ3) is 4.91. The zero-order valence-corrected chi connectivity index (χ0v) is 18.5. The predicted molar refractivity (Wildman–Crippen MR) is 124 cm³/mol. The zero-order chi connectivity index (χ0) is 25.1. The lowest BCUT2D eigenvalue weighted by Crippen LogP contribution is -2.29. The third-order valence-corrected chi connectivity index (χ3v) is 5.43. The largest absolute Gasteiger partial charge is 0.452 e. The van der Waals surface area contributed by atoms with Crippen molar-refractivity contribution in [1.82, 2.24) is 4.90 Å². The molecule has 0 unspecified atom stereocenters. The van der Waals surface area contributed by atoms with Crippen LogP contribution in [0.25, 0.3) is 0 Å². The number of amides is 3. The number of carbonyl (C=O) groups is 4. The molecule has 3 aromatic carbocycles. The number of hydrogen-bond donors (Lipinski definition) is 1. The van der Waals surface area contributed by atoms with Gasteiger partial charge in [-0.25, -0.2) is 4.79 Å². The molecule has 10 heteroatoms. The van der Waals surface area contributed by atoms with Gasteiger partial charge in [-0.1, -0.05) is 30.3 Å². The lowest BCUT2D eigenvalue weighted by Gasteiger charge is -2.14. The van der Waals surface area contributed by atoms with E-state index in [4.69, 9.17) is 4.74 Å². The van der Waals surface area contributed by atoms with E-state index in [0.717, 1.165) is 4.90 Å². The fraction of sp³-hybridized carbons (Fsp3) is 0.120. The summed E-state index contributed by atoms with van der Waals surface area (Å²) >= 11 is 0. The molecule has 3 aromatic rings. The van der Waals surface area contributed by atoms with Gasteiger partial charge in [0.2, 0.25) is 0 Å². The molecule has 10 nitrogen and oxygen atoms in total. The molecule has 0 atom stereocenters. The molecule has 1 aliphatic rings. The monoisotopic (exact) mass is 473 g/mol. The van der Waals surface area contributed by atoms with Gasteiger partial charge < -0.3 is 10.1 Å². The summed E-state index contributed by atoms with van der Waals surface area (Å²) in [6.07, 6.45) is 0. The van der Waals surface area contributed by atoms with Crippen LogP contribution in [0.4, 0.5) is 11.4 Å². The topological polar surface area (TPSA) is 136 Å². The maximum absolute atomic E-state index is 12.5. The molecule has 0 spiro atoms. The lowest BCUT2D eigenvalue weighted by molar-refractivity contribution is -0.385. The maximum Gasteiger partial charge on any atom is 0.338 e. The molecule has 0 aromatic heterocycles. The number of benzene rings is 3. The predicted octanol–water partition coefficient (Wildman–Crippen LogP) is 3.49. The Labute approximate surface area is 199 Å². The van der Waals surface area contributed by atoms with Crippen LogP contribution >= 0.6 is 0 Å². The lowest BCUT2D eigenvalue weighted by atomic mass is 10.1. The molecule has 0 radical (unpaired) electrons. The van der Waals surface area contributed by atoms with Crippen LogP contribution in [0.2, 0.25) is 0 Å². The molecule has 0 saturated heterocycles. The molecule has 35 heavy (non-hydrogen) atoms. The summed E-state index contributed by atoms with van der Waals surface area (Å²) in [4.78, 5) is 61.0. The summed E-state index contributed by atoms with van der Waals surface area (Å²) in [7, 11) is 0. The number of nitrogens with one attached hydrogen (secondary N) is 1. The van der Waals surface area contributed by atoms with Crippen LogP contribution in [0.1, 0.15) is 42.2 Å². The minimum atomic E-state index is -0.748. The van der Waals surface area contributed by atoms with Crippen molar-refractivity contribution >= 4 is 35.1 Å². The molecule has 1 heterocycles. The van der Waals surface area contributed by atoms with E-state index in [9.17, 15) is 29.3 Å². The molecule has 0 saturated carbocycles. The van der Waals surface area contributed by atoms with Gasteiger partial charge >= 0.3 is 5.97 Å². The van der Waals surface area contributed by atoms with Gasteiger partial charge in [0.25, 0.3) is 23.4 Å². The second kappa shape index (κ2) is 9.56. The number of anilines is 1. The first kappa shape index (κ1) is 23.3. The van der Waals surface area contributed by atoms with Crippen molar-refractivity contribution in [3.8, 4) is 0 Å². The van der Waals surface area contributed by atoms with Crippen LogP contribution in [-0.4, -0.2) is 40.1 Å². The summed E-state index contributed by atoms with van der Waals surface area (Å²) in [5.41, 5.74) is 2.05. The maximum atomic E-state index is 12.5. The van der Waals surface area contributed by atoms with E-state index < -0.39 is 23.4 Å². The van der Waals surface area contributed by atoms with Crippen LogP contribution in [0.15, 0.2) is 66.7 Å². The number of hydrogen-bond acceptors (Lipinski definition) is 7. The number of ether oxygens (including phenoxy) is 1. The number of nitro groups is 1. The number of carbonyl (C=O) groups excluding carboxylic acids is 4. The van der Waals surface area contributed by atoms with Crippen molar-refractivity contribution < 1.29 is 28.8 Å². The first-order chi connectivity index (χ1) is 16.7. The molecule has 1 N–H and O–H groups in total. The molecule has 0 fully saturated rings. The van der Waals surface area contributed by atoms with E-state index >= 15 is 0 Å². The Hall–Kier alpha value is -4.86. The normalized spacial score (nSPS) is 12.3. The minimum Gasteiger partial charge on any atom is -0.452 e. The molecular formula is C25H19N3O7. The SMILES string of the molecule is Cc1ccc(NC(=O)COC(=O)c2ccc(CN3C(=O)c4ccccc4C3=O)cc2)cc1[N+](=O)[O-]. The summed E-state index contributed by atoms with van der Waals surface area (Å²) in [5, 5.41) is 13.5. The number of fused-ring (bicyclic) bond motifs is 1. The van der Waals surface area contributed by atoms with E-state index in [1.54, 1.807) is 43.3 Å². The number of nitrogens with zero attached hydrogens (tertiary/aromatic N) is 2. The number of nitro benzene ring substituents is 1. The van der Waals surface area contributed by atoms with Crippen molar-refractivity contribution in [2.75, 3.05) is 11.9 Å². The average molecular weight is 473 g/mol. The summed E-state index contributed by atoms with van der Waals surface area (Å²) in [6.45, 7) is 1.04. The standard InChI is InChI=1S/C25H19N3O7/c1-15-6-11-18(12-21(15)28(33)34)26-22(29)14-35-25(32)17-9-7-16(8-10-17)13-27-23(30)19-4-2-3-5-20(19)24(27)31/h2-12H,13-14H2,1H3,(H,26,29). The van der Waals surface area contributed by atoms with Crippen molar-refractivity contribution in [3.63, 3.8) is 0 Å². The van der Waals surface area contributed by atoms with Crippen molar-refractivity contribution in [2.24, 2.45) is 0 Å². The van der Waals surface area contributed by atoms with Gasteiger partial charge in [-0.15, -0.1) is 0 Å². The van der Waals surface area contributed by atoms with Gasteiger partial charge in [0.05, 0.1) is 28.2 Å². The fourth-order valence-corrected chi connectivity index (χ4v) is 3.61. The van der Waals surface area contributed by atoms with Gasteiger partial charge in [0.1, 0.15) is 0 Å². The third-order valence-electron chi connectivity index (χ3n) is 5.43. The highest BCUT2D eigenvalue weighted by atomic mass is 16.6. The first-order valence-corrected chi connectivity index (χ1v) is 10.5. The van der Waals surface area contributed by atoms with Gasteiger partial charge in [0, 0.05) is 17.3 Å². The van der Waals surface area contributed by atoms with Crippen molar-refractivity contribution in [2.45, 2.75) is 13.5 Å². The Bertz CT molecular complexity index is 1330. The van der Waals surface area contributed by atoms with Crippen LogP contribution in [-0.2, 0) is 16.1 Å². The van der Waals surface area contributed by atoms with E-state index in [0.29, 0.717) is 22.3 Å². The number of imide groups is 1. The Morgan fingerprint density at radius 3 is 2.20 bits per heavy atom. The summed E-state index contributed by atoms with van der Waals surface area (Å²) in [5.74, 6) is -2.15.